The highest BCUT2D eigenvalue weighted by Crippen LogP contribution is 2.61. The number of ether oxygens (including phenoxy) is 2. The molecule has 0 aliphatic carbocycles. The van der Waals surface area contributed by atoms with Crippen LogP contribution in [-0.2, 0) is 27.9 Å². The molecule has 1 aromatic carbocycles. The number of esters is 1. The van der Waals surface area contributed by atoms with Crippen LogP contribution in [0, 0.1) is 6.92 Å². The zero-order valence-corrected chi connectivity index (χ0v) is 19.1. The number of rotatable bonds is 8. The van der Waals surface area contributed by atoms with Crippen LogP contribution in [0.4, 0.5) is 0 Å². The Morgan fingerprint density at radius 3 is 2.28 bits per heavy atom. The summed E-state index contributed by atoms with van der Waals surface area (Å²) in [5.74, 6) is -0.624. The highest BCUT2D eigenvalue weighted by Gasteiger charge is 2.41. The van der Waals surface area contributed by atoms with E-state index >= 15 is 0 Å². The molecule has 1 aliphatic rings. The number of hydrogen-bond donors (Lipinski definition) is 0. The molecule has 1 unspecified atom stereocenters. The van der Waals surface area contributed by atoms with Crippen LogP contribution in [0.25, 0.3) is 0 Å². The summed E-state index contributed by atoms with van der Waals surface area (Å²) in [7, 11) is -3.73. The van der Waals surface area contributed by atoms with Crippen LogP contribution < -0.4 is 0 Å². The first kappa shape index (κ1) is 23.4. The molecule has 2 rings (SSSR count). The lowest BCUT2D eigenvalue weighted by molar-refractivity contribution is -0.139. The van der Waals surface area contributed by atoms with Gasteiger partial charge >= 0.3 is 13.6 Å². The SMILES string of the molecule is CCOC(=O)C1=C(C)OC(P(=O)(OC(C)C)OC(C)C)=CC1c1cccc(C)c1. The summed E-state index contributed by atoms with van der Waals surface area (Å²) in [6.45, 7) is 12.8. The second-order valence-electron chi connectivity index (χ2n) is 7.49. The van der Waals surface area contributed by atoms with E-state index in [1.54, 1.807) is 47.6 Å². The molecule has 0 fully saturated rings. The lowest BCUT2D eigenvalue weighted by atomic mass is 9.88. The van der Waals surface area contributed by atoms with Crippen molar-refractivity contribution in [3.63, 3.8) is 0 Å². The lowest BCUT2D eigenvalue weighted by Crippen LogP contribution is -2.21. The molecule has 0 saturated heterocycles. The van der Waals surface area contributed by atoms with Crippen molar-refractivity contribution in [3.05, 3.63) is 58.3 Å². The van der Waals surface area contributed by atoms with Gasteiger partial charge in [0.1, 0.15) is 5.76 Å². The average Bonchev–Trinajstić information content (AvgIpc) is 2.59. The largest absolute Gasteiger partial charge is 0.463 e. The standard InChI is InChI=1S/C22H31O6P/c1-8-25-22(23)21-17(7)26-20(29(24,27-14(2)3)28-15(4)5)13-19(21)18-11-9-10-16(6)12-18/h9-15,19H,8H2,1-7H3. The summed E-state index contributed by atoms with van der Waals surface area (Å²) in [5.41, 5.74) is 2.39. The Balaban J connectivity index is 2.60. The second-order valence-corrected chi connectivity index (χ2v) is 9.35. The molecule has 29 heavy (non-hydrogen) atoms. The number of benzene rings is 1. The van der Waals surface area contributed by atoms with Gasteiger partial charge in [-0.3, -0.25) is 4.57 Å². The molecule has 7 heteroatoms. The number of allylic oxidation sites excluding steroid dienone is 2. The summed E-state index contributed by atoms with van der Waals surface area (Å²) >= 11 is 0. The normalized spacial score (nSPS) is 17.4. The topological polar surface area (TPSA) is 71.1 Å². The Labute approximate surface area is 173 Å². The van der Waals surface area contributed by atoms with Crippen LogP contribution in [0.1, 0.15) is 58.6 Å². The maximum absolute atomic E-state index is 13.6. The van der Waals surface area contributed by atoms with Crippen molar-refractivity contribution in [3.8, 4) is 0 Å². The van der Waals surface area contributed by atoms with E-state index in [2.05, 4.69) is 0 Å². The maximum Gasteiger partial charge on any atom is 0.396 e. The molecule has 1 aromatic rings. The third kappa shape index (κ3) is 5.81. The molecule has 0 amide bonds. The highest BCUT2D eigenvalue weighted by molar-refractivity contribution is 7.58. The molecular weight excluding hydrogens is 391 g/mol. The highest BCUT2D eigenvalue weighted by atomic mass is 31.2. The van der Waals surface area contributed by atoms with Crippen molar-refractivity contribution in [2.24, 2.45) is 0 Å². The monoisotopic (exact) mass is 422 g/mol. The van der Waals surface area contributed by atoms with Crippen LogP contribution in [0.15, 0.2) is 47.2 Å². The lowest BCUT2D eigenvalue weighted by Gasteiger charge is -2.30. The van der Waals surface area contributed by atoms with E-state index in [1.165, 1.54) is 0 Å². The van der Waals surface area contributed by atoms with Crippen LogP contribution in [0.5, 0.6) is 0 Å². The molecule has 0 saturated carbocycles. The van der Waals surface area contributed by atoms with Crippen LogP contribution in [0.3, 0.4) is 0 Å². The first-order valence-corrected chi connectivity index (χ1v) is 11.4. The van der Waals surface area contributed by atoms with Gasteiger partial charge in [0, 0.05) is 5.92 Å². The molecule has 0 spiro atoms. The number of carbonyl (C=O) groups excluding carboxylic acids is 1. The van der Waals surface area contributed by atoms with Gasteiger partial charge in [-0.05, 0) is 60.1 Å². The predicted molar refractivity (Wildman–Crippen MR) is 112 cm³/mol. The number of aryl methyl sites for hydroxylation is 1. The molecule has 160 valence electrons. The first-order chi connectivity index (χ1) is 13.6. The van der Waals surface area contributed by atoms with Crippen LogP contribution in [0.2, 0.25) is 0 Å². The molecule has 0 aromatic heterocycles. The smallest absolute Gasteiger partial charge is 0.396 e. The van der Waals surface area contributed by atoms with E-state index in [0.717, 1.165) is 11.1 Å². The van der Waals surface area contributed by atoms with Crippen molar-refractivity contribution in [1.82, 2.24) is 0 Å². The van der Waals surface area contributed by atoms with Crippen molar-refractivity contribution < 1.29 is 27.9 Å². The predicted octanol–water partition coefficient (Wildman–Crippen LogP) is 5.83. The Morgan fingerprint density at radius 2 is 1.76 bits per heavy atom. The molecular formula is C22H31O6P. The quantitative estimate of drug-likeness (QED) is 0.388. The van der Waals surface area contributed by atoms with Gasteiger partial charge in [0.2, 0.25) is 5.50 Å². The zero-order chi connectivity index (χ0) is 21.8. The van der Waals surface area contributed by atoms with Crippen molar-refractivity contribution in [2.45, 2.75) is 66.6 Å². The molecule has 0 radical (unpaired) electrons. The fraction of sp³-hybridized carbons (Fsp3) is 0.500. The maximum atomic E-state index is 13.6. The van der Waals surface area contributed by atoms with Crippen LogP contribution in [-0.4, -0.2) is 24.8 Å². The number of carbonyl (C=O) groups is 1. The van der Waals surface area contributed by atoms with E-state index in [9.17, 15) is 9.36 Å². The third-order valence-corrected chi connectivity index (χ3v) is 6.30. The van der Waals surface area contributed by atoms with E-state index in [-0.39, 0.29) is 24.3 Å². The van der Waals surface area contributed by atoms with Gasteiger partial charge in [-0.25, -0.2) is 4.79 Å². The summed E-state index contributed by atoms with van der Waals surface area (Å²) in [6.07, 6.45) is 0.981. The molecule has 1 atom stereocenters. The van der Waals surface area contributed by atoms with E-state index in [4.69, 9.17) is 18.5 Å². The first-order valence-electron chi connectivity index (χ1n) is 9.89. The van der Waals surface area contributed by atoms with Gasteiger partial charge < -0.3 is 18.5 Å². The molecule has 0 N–H and O–H groups in total. The van der Waals surface area contributed by atoms with Gasteiger partial charge in [-0.2, -0.15) is 0 Å². The second kappa shape index (κ2) is 9.75. The average molecular weight is 422 g/mol. The Morgan fingerprint density at radius 1 is 1.14 bits per heavy atom. The van der Waals surface area contributed by atoms with Crippen molar-refractivity contribution in [2.75, 3.05) is 6.61 Å². The van der Waals surface area contributed by atoms with Crippen molar-refractivity contribution >= 4 is 13.6 Å². The minimum Gasteiger partial charge on any atom is -0.463 e. The summed E-state index contributed by atoms with van der Waals surface area (Å²) in [6, 6.07) is 7.79. The van der Waals surface area contributed by atoms with Gasteiger partial charge in [0.25, 0.3) is 0 Å². The Hall–Kier alpha value is -1.88. The van der Waals surface area contributed by atoms with Gasteiger partial charge in [-0.1, -0.05) is 29.8 Å². The fourth-order valence-electron chi connectivity index (χ4n) is 3.13. The van der Waals surface area contributed by atoms with Crippen molar-refractivity contribution in [1.29, 1.82) is 0 Å². The van der Waals surface area contributed by atoms with E-state index in [1.807, 2.05) is 31.2 Å². The Bertz CT molecular complexity index is 839. The summed E-state index contributed by atoms with van der Waals surface area (Å²) in [5, 5.41) is 0. The molecule has 1 heterocycles. The molecule has 1 aliphatic heterocycles. The van der Waals surface area contributed by atoms with Gasteiger partial charge in [-0.15, -0.1) is 0 Å². The van der Waals surface area contributed by atoms with E-state index < -0.39 is 19.5 Å². The zero-order valence-electron chi connectivity index (χ0n) is 18.2. The summed E-state index contributed by atoms with van der Waals surface area (Å²) in [4.78, 5) is 12.7. The Kier molecular flexibility index (Phi) is 7.87. The van der Waals surface area contributed by atoms with Gasteiger partial charge in [0.05, 0.1) is 24.4 Å². The van der Waals surface area contributed by atoms with E-state index in [0.29, 0.717) is 11.3 Å². The molecule has 6 nitrogen and oxygen atoms in total. The van der Waals surface area contributed by atoms with Gasteiger partial charge in [0.15, 0.2) is 0 Å². The number of hydrogen-bond acceptors (Lipinski definition) is 6. The molecule has 0 bridgehead atoms. The minimum atomic E-state index is -3.73. The van der Waals surface area contributed by atoms with Crippen LogP contribution >= 0.6 is 7.60 Å². The summed E-state index contributed by atoms with van der Waals surface area (Å²) < 4.78 is 36.1. The minimum absolute atomic E-state index is 0.0944. The third-order valence-electron chi connectivity index (χ3n) is 4.12. The fourth-order valence-corrected chi connectivity index (χ4v) is 5.08.